The van der Waals surface area contributed by atoms with E-state index in [9.17, 15) is 0 Å². The van der Waals surface area contributed by atoms with E-state index in [0.717, 1.165) is 35.4 Å². The van der Waals surface area contributed by atoms with Crippen LogP contribution in [-0.4, -0.2) is 10.2 Å². The van der Waals surface area contributed by atoms with Gasteiger partial charge in [0.2, 0.25) is 0 Å². The monoisotopic (exact) mass is 298 g/mol. The van der Waals surface area contributed by atoms with Gasteiger partial charge >= 0.3 is 0 Å². The van der Waals surface area contributed by atoms with E-state index in [4.69, 9.17) is 0 Å². The summed E-state index contributed by atoms with van der Waals surface area (Å²) < 4.78 is 0. The van der Waals surface area contributed by atoms with Crippen molar-refractivity contribution in [3.05, 3.63) is 84.5 Å². The molecule has 2 nitrogen and oxygen atoms in total. The van der Waals surface area contributed by atoms with Gasteiger partial charge in [0.1, 0.15) is 0 Å². The molecule has 0 fully saturated rings. The first-order valence-corrected chi connectivity index (χ1v) is 7.97. The number of H-pyrrole nitrogens is 1. The summed E-state index contributed by atoms with van der Waals surface area (Å²) >= 11 is 0. The lowest BCUT2D eigenvalue weighted by Crippen LogP contribution is -1.88. The molecule has 1 aliphatic carbocycles. The standard InChI is InChI=1S/C21H18N2/c1-3-7-16(8-4-1)17-11-13-19(14-12-17)21-15-20(22-23-21)18-9-5-2-6-10-18/h1-3,5-7,9-15H,4,8H2,(H,22,23). The normalized spacial score (nSPS) is 13.8. The maximum Gasteiger partial charge on any atom is 0.0927 e. The van der Waals surface area contributed by atoms with Gasteiger partial charge in [0.15, 0.2) is 0 Å². The molecule has 0 bridgehead atoms. The van der Waals surface area contributed by atoms with E-state index in [1.54, 1.807) is 0 Å². The Balaban J connectivity index is 1.60. The number of hydrogen-bond acceptors (Lipinski definition) is 1. The number of hydrogen-bond donors (Lipinski definition) is 1. The van der Waals surface area contributed by atoms with Crippen molar-refractivity contribution in [1.82, 2.24) is 10.2 Å². The number of aromatic amines is 1. The summed E-state index contributed by atoms with van der Waals surface area (Å²) in [6, 6.07) is 21.1. The number of rotatable bonds is 3. The van der Waals surface area contributed by atoms with Crippen LogP contribution in [0, 0.1) is 0 Å². The van der Waals surface area contributed by atoms with Gasteiger partial charge < -0.3 is 0 Å². The van der Waals surface area contributed by atoms with Gasteiger partial charge in [-0.25, -0.2) is 0 Å². The number of allylic oxidation sites excluding steroid dienone is 4. The van der Waals surface area contributed by atoms with Crippen molar-refractivity contribution in [2.75, 3.05) is 0 Å². The summed E-state index contributed by atoms with van der Waals surface area (Å²) in [5, 5.41) is 7.57. The van der Waals surface area contributed by atoms with Gasteiger partial charge in [-0.1, -0.05) is 72.8 Å². The molecule has 2 heteroatoms. The molecule has 3 aromatic rings. The predicted molar refractivity (Wildman–Crippen MR) is 95.8 cm³/mol. The van der Waals surface area contributed by atoms with Crippen LogP contribution in [0.15, 0.2) is 78.9 Å². The molecular formula is C21H18N2. The highest BCUT2D eigenvalue weighted by Crippen LogP contribution is 2.27. The van der Waals surface area contributed by atoms with E-state index in [1.807, 2.05) is 18.2 Å². The van der Waals surface area contributed by atoms with E-state index in [1.165, 1.54) is 11.1 Å². The van der Waals surface area contributed by atoms with Crippen molar-refractivity contribution in [3.63, 3.8) is 0 Å². The Labute approximate surface area is 136 Å². The molecule has 1 aliphatic rings. The zero-order valence-electron chi connectivity index (χ0n) is 12.9. The van der Waals surface area contributed by atoms with Gasteiger partial charge in [0.25, 0.3) is 0 Å². The van der Waals surface area contributed by atoms with Gasteiger partial charge in [-0.15, -0.1) is 0 Å². The van der Waals surface area contributed by atoms with Gasteiger partial charge in [-0.3, -0.25) is 5.10 Å². The van der Waals surface area contributed by atoms with E-state index in [2.05, 4.69) is 70.9 Å². The molecule has 0 spiro atoms. The highest BCUT2D eigenvalue weighted by molar-refractivity contribution is 5.72. The highest BCUT2D eigenvalue weighted by atomic mass is 15.1. The summed E-state index contributed by atoms with van der Waals surface area (Å²) in [6.45, 7) is 0. The molecule has 0 atom stereocenters. The summed E-state index contributed by atoms with van der Waals surface area (Å²) in [4.78, 5) is 0. The number of nitrogens with one attached hydrogen (secondary N) is 1. The molecule has 0 unspecified atom stereocenters. The molecule has 2 aromatic carbocycles. The molecule has 1 aromatic heterocycles. The second kappa shape index (κ2) is 6.09. The maximum absolute atomic E-state index is 4.43. The Hall–Kier alpha value is -2.87. The van der Waals surface area contributed by atoms with Crippen LogP contribution in [0.3, 0.4) is 0 Å². The van der Waals surface area contributed by atoms with Crippen LogP contribution in [0.25, 0.3) is 28.1 Å². The minimum Gasteiger partial charge on any atom is -0.277 e. The molecule has 0 saturated carbocycles. The molecule has 0 aliphatic heterocycles. The van der Waals surface area contributed by atoms with Crippen molar-refractivity contribution in [2.24, 2.45) is 0 Å². The number of aromatic nitrogens is 2. The Morgan fingerprint density at radius 1 is 0.826 bits per heavy atom. The summed E-state index contributed by atoms with van der Waals surface area (Å²) in [5.74, 6) is 0. The number of benzene rings is 2. The Bertz CT molecular complexity index is 852. The SMILES string of the molecule is C1=CCCC(c2ccc(-c3cc(-c4ccccc4)n[nH]3)cc2)=C1. The van der Waals surface area contributed by atoms with Gasteiger partial charge in [-0.2, -0.15) is 5.10 Å². The third-order valence-electron chi connectivity index (χ3n) is 4.23. The van der Waals surface area contributed by atoms with Gasteiger partial charge in [0.05, 0.1) is 11.4 Å². The molecule has 1 N–H and O–H groups in total. The van der Waals surface area contributed by atoms with E-state index < -0.39 is 0 Å². The lowest BCUT2D eigenvalue weighted by molar-refractivity contribution is 1.05. The largest absolute Gasteiger partial charge is 0.277 e. The second-order valence-corrected chi connectivity index (χ2v) is 5.77. The quantitative estimate of drug-likeness (QED) is 0.681. The molecule has 0 amide bonds. The average molecular weight is 298 g/mol. The van der Waals surface area contributed by atoms with Crippen molar-refractivity contribution >= 4 is 5.57 Å². The highest BCUT2D eigenvalue weighted by Gasteiger charge is 2.07. The molecule has 0 radical (unpaired) electrons. The second-order valence-electron chi connectivity index (χ2n) is 5.77. The van der Waals surface area contributed by atoms with E-state index in [0.29, 0.717) is 0 Å². The third kappa shape index (κ3) is 2.88. The maximum atomic E-state index is 4.43. The predicted octanol–water partition coefficient (Wildman–Crippen LogP) is 5.48. The van der Waals surface area contributed by atoms with Gasteiger partial charge in [0, 0.05) is 5.56 Å². The van der Waals surface area contributed by atoms with Crippen LogP contribution >= 0.6 is 0 Å². The lowest BCUT2D eigenvalue weighted by atomic mass is 9.96. The lowest BCUT2D eigenvalue weighted by Gasteiger charge is -2.09. The van der Waals surface area contributed by atoms with Crippen LogP contribution in [0.5, 0.6) is 0 Å². The molecule has 1 heterocycles. The Kier molecular flexibility index (Phi) is 3.65. The minimum absolute atomic E-state index is 0.977. The zero-order chi connectivity index (χ0) is 15.5. The fourth-order valence-corrected chi connectivity index (χ4v) is 2.93. The molecule has 0 saturated heterocycles. The van der Waals surface area contributed by atoms with Crippen LogP contribution in [0.4, 0.5) is 0 Å². The minimum atomic E-state index is 0.977. The van der Waals surface area contributed by atoms with Crippen molar-refractivity contribution < 1.29 is 0 Å². The van der Waals surface area contributed by atoms with Crippen molar-refractivity contribution in [2.45, 2.75) is 12.8 Å². The summed E-state index contributed by atoms with van der Waals surface area (Å²) in [5.41, 5.74) is 7.04. The Morgan fingerprint density at radius 3 is 2.35 bits per heavy atom. The molecule has 112 valence electrons. The van der Waals surface area contributed by atoms with Crippen molar-refractivity contribution in [1.29, 1.82) is 0 Å². The topological polar surface area (TPSA) is 28.7 Å². The Morgan fingerprint density at radius 2 is 1.61 bits per heavy atom. The first-order chi connectivity index (χ1) is 11.4. The van der Waals surface area contributed by atoms with Crippen LogP contribution in [-0.2, 0) is 0 Å². The van der Waals surface area contributed by atoms with Crippen LogP contribution in [0.1, 0.15) is 18.4 Å². The van der Waals surface area contributed by atoms with E-state index in [-0.39, 0.29) is 0 Å². The zero-order valence-corrected chi connectivity index (χ0v) is 12.9. The number of nitrogens with zero attached hydrogens (tertiary/aromatic N) is 1. The molecular weight excluding hydrogens is 280 g/mol. The average Bonchev–Trinajstić information content (AvgIpc) is 3.14. The van der Waals surface area contributed by atoms with Crippen molar-refractivity contribution in [3.8, 4) is 22.5 Å². The summed E-state index contributed by atoms with van der Waals surface area (Å²) in [6.07, 6.45) is 8.83. The molecule has 4 rings (SSSR count). The first-order valence-electron chi connectivity index (χ1n) is 7.97. The summed E-state index contributed by atoms with van der Waals surface area (Å²) in [7, 11) is 0. The van der Waals surface area contributed by atoms with Crippen LogP contribution in [0.2, 0.25) is 0 Å². The van der Waals surface area contributed by atoms with Crippen LogP contribution < -0.4 is 0 Å². The smallest absolute Gasteiger partial charge is 0.0927 e. The fourth-order valence-electron chi connectivity index (χ4n) is 2.93. The first kappa shape index (κ1) is 13.8. The molecule has 23 heavy (non-hydrogen) atoms. The third-order valence-corrected chi connectivity index (χ3v) is 4.23. The fraction of sp³-hybridized carbons (Fsp3) is 0.0952. The van der Waals surface area contributed by atoms with Gasteiger partial charge in [-0.05, 0) is 35.6 Å². The van der Waals surface area contributed by atoms with E-state index >= 15 is 0 Å².